The molecule has 13 atom stereocenters. The second-order valence-electron chi connectivity index (χ2n) is 24.9. The first kappa shape index (κ1) is 77.7. The Bertz CT molecular complexity index is 3370. The molecule has 0 aliphatic carbocycles. The molecule has 0 radical (unpaired) electrons. The molecule has 17 N–H and O–H groups in total. The summed E-state index contributed by atoms with van der Waals surface area (Å²) in [6, 6.07) is 10.5. The van der Waals surface area contributed by atoms with Crippen LogP contribution in [0.1, 0.15) is 78.4 Å². The second kappa shape index (κ2) is 36.9. The number of hydrogen-bond acceptors (Lipinski definition) is 22. The number of carbonyl (C=O) groups is 11. The lowest BCUT2D eigenvalue weighted by Crippen LogP contribution is -2.71. The Morgan fingerprint density at radius 1 is 0.708 bits per heavy atom. The molecule has 0 saturated carbocycles. The van der Waals surface area contributed by atoms with E-state index in [9.17, 15) is 58.8 Å². The fourth-order valence-electron chi connectivity index (χ4n) is 11.0. The normalized spacial score (nSPS) is 22.9. The van der Waals surface area contributed by atoms with E-state index in [2.05, 4.69) is 76.1 Å². The average molecular weight is 1390 g/mol. The number of piperidine rings is 1. The maximum Gasteiger partial charge on any atom is 0.246 e. The van der Waals surface area contributed by atoms with Crippen LogP contribution in [0.25, 0.3) is 5.57 Å². The van der Waals surface area contributed by atoms with Crippen molar-refractivity contribution in [1.29, 1.82) is 0 Å². The maximum absolute atomic E-state index is 15.3. The predicted octanol–water partition coefficient (Wildman–Crippen LogP) is -4.42. The number of rotatable bonds is 29. The molecular formula is C65H91N13O15S3. The third-order valence-corrected chi connectivity index (χ3v) is 19.8. The van der Waals surface area contributed by atoms with E-state index in [4.69, 9.17) is 5.73 Å². The number of fused-ring (bicyclic) bond motifs is 3. The van der Waals surface area contributed by atoms with Crippen LogP contribution in [0.5, 0.6) is 0 Å². The van der Waals surface area contributed by atoms with Crippen molar-refractivity contribution >= 4 is 106 Å². The van der Waals surface area contributed by atoms with Gasteiger partial charge in [0.05, 0.1) is 72.3 Å². The van der Waals surface area contributed by atoms with E-state index in [1.807, 2.05) is 6.07 Å². The van der Waals surface area contributed by atoms with E-state index in [0.29, 0.717) is 40.1 Å². The summed E-state index contributed by atoms with van der Waals surface area (Å²) in [5.74, 6) is -9.07. The Morgan fingerprint density at radius 3 is 1.95 bits per heavy atom. The van der Waals surface area contributed by atoms with Crippen LogP contribution in [-0.2, 0) is 65.6 Å². The molecular weight excluding hydrogens is 1300 g/mol. The highest BCUT2D eigenvalue weighted by molar-refractivity contribution is 8.16. The minimum Gasteiger partial charge on any atom is -0.394 e. The molecule has 2 saturated heterocycles. The molecule has 3 aliphatic heterocycles. The van der Waals surface area contributed by atoms with Crippen LogP contribution in [0.2, 0.25) is 0 Å². The van der Waals surface area contributed by atoms with Crippen molar-refractivity contribution in [3.05, 3.63) is 107 Å². The van der Waals surface area contributed by atoms with Crippen molar-refractivity contribution in [2.75, 3.05) is 49.4 Å². The number of unbranched alkanes of at least 4 members (excludes halogenated alkanes) is 1. The zero-order valence-corrected chi connectivity index (χ0v) is 57.1. The molecule has 9 amide bonds. The van der Waals surface area contributed by atoms with Gasteiger partial charge in [-0.3, -0.25) is 68.4 Å². The monoisotopic (exact) mass is 1390 g/mol. The topological polar surface area (TPSA) is 439 Å². The first-order valence-corrected chi connectivity index (χ1v) is 34.5. The third kappa shape index (κ3) is 22.1. The van der Waals surface area contributed by atoms with Crippen LogP contribution < -0.4 is 74.8 Å². The van der Waals surface area contributed by atoms with Gasteiger partial charge in [-0.1, -0.05) is 78.9 Å². The van der Waals surface area contributed by atoms with Gasteiger partial charge in [-0.25, -0.2) is 0 Å². The molecule has 28 nitrogen and oxygen atoms in total. The number of hydrogen-bond donors (Lipinski definition) is 17. The number of ketones is 2. The van der Waals surface area contributed by atoms with Gasteiger partial charge in [0.25, 0.3) is 0 Å². The van der Waals surface area contributed by atoms with Crippen molar-refractivity contribution in [3.63, 3.8) is 0 Å². The molecule has 524 valence electrons. The highest BCUT2D eigenvalue weighted by Crippen LogP contribution is 2.29. The molecule has 2 bridgehead atoms. The van der Waals surface area contributed by atoms with Gasteiger partial charge in [0.1, 0.15) is 48.3 Å². The molecule has 0 aromatic heterocycles. The molecule has 0 spiro atoms. The van der Waals surface area contributed by atoms with Crippen molar-refractivity contribution in [3.8, 4) is 0 Å². The Labute approximate surface area is 571 Å². The molecule has 3 aromatic carbocycles. The van der Waals surface area contributed by atoms with Gasteiger partial charge in [0, 0.05) is 41.6 Å². The van der Waals surface area contributed by atoms with Crippen molar-refractivity contribution in [2.24, 2.45) is 10.7 Å². The second-order valence-corrected chi connectivity index (χ2v) is 27.9. The highest BCUT2D eigenvalue weighted by atomic mass is 32.2. The number of para-hydroxylation sites is 1. The van der Waals surface area contributed by atoms with Crippen LogP contribution in [0, 0.1) is 0 Å². The zero-order chi connectivity index (χ0) is 70.4. The number of nitrogens with two attached hydrogens (primary N) is 1. The van der Waals surface area contributed by atoms with Crippen molar-refractivity contribution < 1.29 is 73.2 Å². The van der Waals surface area contributed by atoms with E-state index in [1.54, 1.807) is 78.9 Å². The average Bonchev–Trinajstić information content (AvgIpc) is 0.913. The lowest BCUT2D eigenvalue weighted by molar-refractivity contribution is -0.140. The fraction of sp³-hybridized carbons (Fsp3) is 0.538. The van der Waals surface area contributed by atoms with E-state index in [0.717, 1.165) is 23.5 Å². The SMILES string of the molecule is CC(=O)NC(CS)C(=O)NC(CO)C(=O)C(C)(C)NCC(=O)C(C)(C)N[C@H](Cc1ccccc1)C(=O)NC1CSCSC2C(C(=O)N[C@H](CO)[C@@H](C)O)NC(=O)C(NC(=O)C(CCCCN)NC(=O)[C@@H](CC3=c4ccccc4=NC3)NC(=O)[C@H](Cc3ccccc3)NC1=O)[C@H]2O. The summed E-state index contributed by atoms with van der Waals surface area (Å²) in [5.41, 5.74) is 4.59. The van der Waals surface area contributed by atoms with Crippen LogP contribution in [0.15, 0.2) is 89.9 Å². The molecule has 6 rings (SSSR count). The van der Waals surface area contributed by atoms with Crippen LogP contribution in [0.3, 0.4) is 0 Å². The number of Topliss-reactive ketones (excluding diaryl/α,β-unsaturated/α-hetero) is 2. The van der Waals surface area contributed by atoms with Crippen molar-refractivity contribution in [1.82, 2.24) is 58.5 Å². The quantitative estimate of drug-likeness (QED) is 0.0230. The number of nitrogens with one attached hydrogen (secondary N) is 11. The first-order chi connectivity index (χ1) is 45.6. The highest BCUT2D eigenvalue weighted by Gasteiger charge is 2.49. The minimum absolute atomic E-state index is 0.0126. The number of thiol groups is 1. The van der Waals surface area contributed by atoms with E-state index in [1.165, 1.54) is 41.5 Å². The Balaban J connectivity index is 1.38. The van der Waals surface area contributed by atoms with E-state index >= 15 is 14.4 Å². The molecule has 7 unspecified atom stereocenters. The summed E-state index contributed by atoms with van der Waals surface area (Å²) in [5, 5.41) is 72.8. The van der Waals surface area contributed by atoms with Gasteiger partial charge in [-0.2, -0.15) is 12.6 Å². The Hall–Kier alpha value is -7.33. The summed E-state index contributed by atoms with van der Waals surface area (Å²) in [4.78, 5) is 161. The summed E-state index contributed by atoms with van der Waals surface area (Å²) in [7, 11) is 0. The largest absolute Gasteiger partial charge is 0.394 e. The fourth-order valence-corrected chi connectivity index (χ4v) is 13.9. The molecule has 96 heavy (non-hydrogen) atoms. The number of aliphatic hydroxyl groups is 4. The standard InChI is InChI=1S/C65H91N13O15S3/c1-35(81)46(30-79)73-63(93)52-54-53(84)51(62(92)77-52)76-56(86)42(23-15-16-24-66)70-58(88)44(27-39-28-67-41-22-14-13-21-40(39)41)72-57(87)43(25-37-17-9-7-10-18-37)71-61(91)49(33-95-34-96-54)75-59(89)45(26-38-19-11-8-12-20-38)78-64(3,4)50(83)29-68-65(5,6)55(85)47(31-80)74-60(90)48(32-94)69-36(2)82/h7-14,17-22,35,42-49,51-54,68,78-81,84,94H,15-16,23-34,66H2,1-6H3,(H,69,82)(H,70,88)(H,71,91)(H,72,87)(H,73,93)(H,74,90)(H,75,89)(H,76,86)(H,77,92)/t35-,42?,43+,44-,45-,46-,47?,48?,49?,51?,52?,53-,54?/m1/s1. The summed E-state index contributed by atoms with van der Waals surface area (Å²) in [6.07, 6.45) is -2.69. The summed E-state index contributed by atoms with van der Waals surface area (Å²) in [6.45, 7) is 6.79. The van der Waals surface area contributed by atoms with Gasteiger partial charge in [0.2, 0.25) is 53.2 Å². The van der Waals surface area contributed by atoms with Gasteiger partial charge in [0.15, 0.2) is 11.6 Å². The molecule has 2 fully saturated rings. The molecule has 3 aliphatic rings. The predicted molar refractivity (Wildman–Crippen MR) is 364 cm³/mol. The molecule has 3 heterocycles. The van der Waals surface area contributed by atoms with Gasteiger partial charge in [-0.15, -0.1) is 23.5 Å². The Kier molecular flexibility index (Phi) is 29.8. The lowest BCUT2D eigenvalue weighted by Gasteiger charge is -2.40. The molecule has 31 heteroatoms. The Morgan fingerprint density at radius 2 is 1.32 bits per heavy atom. The van der Waals surface area contributed by atoms with Crippen molar-refractivity contribution in [2.45, 2.75) is 169 Å². The van der Waals surface area contributed by atoms with Gasteiger partial charge in [-0.05, 0) is 89.6 Å². The lowest BCUT2D eigenvalue weighted by atomic mass is 9.91. The van der Waals surface area contributed by atoms with Gasteiger partial charge < -0.3 is 74.0 Å². The minimum atomic E-state index is -1.83. The van der Waals surface area contributed by atoms with E-state index in [-0.39, 0.29) is 55.4 Å². The number of aliphatic hydroxyl groups excluding tert-OH is 4. The van der Waals surface area contributed by atoms with E-state index < -0.39 is 173 Å². The maximum atomic E-state index is 15.3. The third-order valence-electron chi connectivity index (χ3n) is 16.7. The van der Waals surface area contributed by atoms with Crippen LogP contribution in [0.4, 0.5) is 0 Å². The summed E-state index contributed by atoms with van der Waals surface area (Å²) < 4.78 is 0. The summed E-state index contributed by atoms with van der Waals surface area (Å²) >= 11 is 6.09. The number of benzene rings is 3. The smallest absolute Gasteiger partial charge is 0.246 e. The molecule has 3 aromatic rings. The van der Waals surface area contributed by atoms with Crippen LogP contribution in [-0.4, -0.2) is 224 Å². The number of thioether (sulfide) groups is 2. The number of carbonyl (C=O) groups excluding carboxylic acids is 11. The number of amides is 9. The number of nitrogens with zero attached hydrogens (tertiary/aromatic N) is 1. The van der Waals surface area contributed by atoms with Crippen LogP contribution >= 0.6 is 36.2 Å². The first-order valence-electron chi connectivity index (χ1n) is 31.7. The van der Waals surface area contributed by atoms with Gasteiger partial charge >= 0.3 is 0 Å². The zero-order valence-electron chi connectivity index (χ0n) is 54.6.